The average Bonchev–Trinajstić information content (AvgIpc) is 3.03. The normalized spacial score (nSPS) is 11.6. The molecule has 0 radical (unpaired) electrons. The van der Waals surface area contributed by atoms with Crippen LogP contribution in [0, 0.1) is 6.92 Å². The van der Waals surface area contributed by atoms with Crippen molar-refractivity contribution in [2.75, 3.05) is 31.0 Å². The van der Waals surface area contributed by atoms with E-state index in [1.54, 1.807) is 13.0 Å². The molecule has 0 bridgehead atoms. The predicted octanol–water partition coefficient (Wildman–Crippen LogP) is 5.53. The van der Waals surface area contributed by atoms with Crippen LogP contribution in [0.5, 0.6) is 11.5 Å². The van der Waals surface area contributed by atoms with Crippen LogP contribution in [0.25, 0.3) is 0 Å². The smallest absolute Gasteiger partial charge is 0.422 e. The maximum Gasteiger partial charge on any atom is 0.422 e. The van der Waals surface area contributed by atoms with Crippen LogP contribution in [0.15, 0.2) is 24.3 Å². The van der Waals surface area contributed by atoms with Gasteiger partial charge >= 0.3 is 18.3 Å². The Morgan fingerprint density at radius 2 is 1.50 bits per heavy atom. The number of rotatable bonds is 7. The van der Waals surface area contributed by atoms with Crippen molar-refractivity contribution in [2.45, 2.75) is 19.3 Å². The lowest BCUT2D eigenvalue weighted by Crippen LogP contribution is -2.22. The zero-order valence-electron chi connectivity index (χ0n) is 16.4. The third-order valence-electron chi connectivity index (χ3n) is 3.43. The SMILES string of the molecule is COC(=O)c1cc(C)sc1NC(=S)Nc1cc(OCC(F)(F)F)cc(OCC(F)(F)F)c1. The van der Waals surface area contributed by atoms with E-state index in [2.05, 4.69) is 24.8 Å². The van der Waals surface area contributed by atoms with Gasteiger partial charge in [0.1, 0.15) is 16.5 Å². The summed E-state index contributed by atoms with van der Waals surface area (Å²) in [6.07, 6.45) is -9.32. The van der Waals surface area contributed by atoms with E-state index in [0.29, 0.717) is 5.00 Å². The highest BCUT2D eigenvalue weighted by Gasteiger charge is 2.30. The Balaban J connectivity index is 2.21. The molecule has 0 spiro atoms. The number of aryl methyl sites for hydroxylation is 1. The molecule has 0 aliphatic carbocycles. The lowest BCUT2D eigenvalue weighted by molar-refractivity contribution is -0.153. The maximum atomic E-state index is 12.4. The highest BCUT2D eigenvalue weighted by atomic mass is 32.1. The summed E-state index contributed by atoms with van der Waals surface area (Å²) >= 11 is 6.32. The Bertz CT molecular complexity index is 939. The van der Waals surface area contributed by atoms with Gasteiger partial charge in [-0.15, -0.1) is 11.3 Å². The standard InChI is InChI=1S/C18H16F6N2O4S2/c1-9-3-13(15(27)28-2)14(32-9)26-16(31)25-10-4-11(29-7-17(19,20)21)6-12(5-10)30-8-18(22,23)24/h3-6H,7-8H2,1-2H3,(H2,25,26,31). The van der Waals surface area contributed by atoms with Gasteiger partial charge < -0.3 is 24.8 Å². The molecule has 32 heavy (non-hydrogen) atoms. The second-order valence-electron chi connectivity index (χ2n) is 6.17. The first-order valence-corrected chi connectivity index (χ1v) is 9.79. The number of thiocarbonyl (C=S) groups is 1. The molecule has 1 aromatic heterocycles. The minimum atomic E-state index is -4.66. The number of carbonyl (C=O) groups excluding carboxylic acids is 1. The zero-order chi connectivity index (χ0) is 24.1. The molecule has 0 saturated heterocycles. The Morgan fingerprint density at radius 3 is 1.97 bits per heavy atom. The van der Waals surface area contributed by atoms with Crippen molar-refractivity contribution < 1.29 is 45.3 Å². The van der Waals surface area contributed by atoms with Crippen LogP contribution in [0.1, 0.15) is 15.2 Å². The molecule has 2 rings (SSSR count). The van der Waals surface area contributed by atoms with E-state index in [1.165, 1.54) is 18.4 Å². The molecule has 0 unspecified atom stereocenters. The Hall–Kier alpha value is -2.74. The van der Waals surface area contributed by atoms with Gasteiger partial charge in [0.25, 0.3) is 0 Å². The monoisotopic (exact) mass is 502 g/mol. The summed E-state index contributed by atoms with van der Waals surface area (Å²) in [7, 11) is 1.20. The Labute approximate surface area is 187 Å². The number of halogens is 6. The van der Waals surface area contributed by atoms with Crippen LogP contribution < -0.4 is 20.1 Å². The Morgan fingerprint density at radius 1 is 0.969 bits per heavy atom. The number of anilines is 2. The molecule has 0 fully saturated rings. The summed E-state index contributed by atoms with van der Waals surface area (Å²) in [4.78, 5) is 12.6. The fraction of sp³-hybridized carbons (Fsp3) is 0.333. The average molecular weight is 502 g/mol. The number of ether oxygens (including phenoxy) is 3. The van der Waals surface area contributed by atoms with Gasteiger partial charge in [-0.2, -0.15) is 26.3 Å². The summed E-state index contributed by atoms with van der Waals surface area (Å²) in [5.41, 5.74) is 0.197. The van der Waals surface area contributed by atoms with Crippen LogP contribution in [0.4, 0.5) is 37.0 Å². The minimum Gasteiger partial charge on any atom is -0.484 e. The number of methoxy groups -OCH3 is 1. The minimum absolute atomic E-state index is 0.00718. The molecule has 14 heteroatoms. The van der Waals surface area contributed by atoms with Gasteiger partial charge in [0.15, 0.2) is 18.3 Å². The number of benzene rings is 1. The first-order valence-electron chi connectivity index (χ1n) is 8.56. The molecule has 176 valence electrons. The van der Waals surface area contributed by atoms with Gasteiger partial charge in [-0.3, -0.25) is 0 Å². The third kappa shape index (κ3) is 8.42. The number of carbonyl (C=O) groups is 1. The van der Waals surface area contributed by atoms with Crippen molar-refractivity contribution in [1.82, 2.24) is 0 Å². The molecule has 0 atom stereocenters. The van der Waals surface area contributed by atoms with Crippen molar-refractivity contribution in [2.24, 2.45) is 0 Å². The van der Waals surface area contributed by atoms with Crippen LogP contribution >= 0.6 is 23.6 Å². The van der Waals surface area contributed by atoms with Crippen LogP contribution in [-0.4, -0.2) is 43.8 Å². The lowest BCUT2D eigenvalue weighted by Gasteiger charge is -2.16. The largest absolute Gasteiger partial charge is 0.484 e. The van der Waals surface area contributed by atoms with E-state index in [9.17, 15) is 31.1 Å². The topological polar surface area (TPSA) is 68.8 Å². The first kappa shape index (κ1) is 25.5. The lowest BCUT2D eigenvalue weighted by atomic mass is 10.2. The van der Waals surface area contributed by atoms with Gasteiger partial charge in [0, 0.05) is 28.8 Å². The van der Waals surface area contributed by atoms with E-state index in [0.717, 1.165) is 23.1 Å². The van der Waals surface area contributed by atoms with E-state index >= 15 is 0 Å². The zero-order valence-corrected chi connectivity index (χ0v) is 18.1. The molecular formula is C18H16F6N2O4S2. The van der Waals surface area contributed by atoms with E-state index in [4.69, 9.17) is 12.2 Å². The molecule has 0 aliphatic heterocycles. The molecule has 2 N–H and O–H groups in total. The number of hydrogen-bond donors (Lipinski definition) is 2. The highest BCUT2D eigenvalue weighted by molar-refractivity contribution is 7.80. The first-order chi connectivity index (χ1) is 14.8. The number of alkyl halides is 6. The molecule has 0 aliphatic rings. The van der Waals surface area contributed by atoms with Crippen molar-refractivity contribution in [3.05, 3.63) is 34.7 Å². The molecule has 6 nitrogen and oxygen atoms in total. The van der Waals surface area contributed by atoms with Gasteiger partial charge in [-0.1, -0.05) is 0 Å². The summed E-state index contributed by atoms with van der Waals surface area (Å²) in [5, 5.41) is 5.60. The fourth-order valence-electron chi connectivity index (χ4n) is 2.28. The third-order valence-corrected chi connectivity index (χ3v) is 4.60. The number of esters is 1. The fourth-order valence-corrected chi connectivity index (χ4v) is 3.46. The molecular weight excluding hydrogens is 486 g/mol. The molecule has 1 aromatic carbocycles. The Kier molecular flexibility index (Phi) is 8.18. The van der Waals surface area contributed by atoms with Crippen LogP contribution in [0.3, 0.4) is 0 Å². The molecule has 0 saturated carbocycles. The molecule has 1 heterocycles. The summed E-state index contributed by atoms with van der Waals surface area (Å²) in [6, 6.07) is 4.65. The molecule has 2 aromatic rings. The van der Waals surface area contributed by atoms with Crippen molar-refractivity contribution in [3.8, 4) is 11.5 Å². The summed E-state index contributed by atoms with van der Waals surface area (Å²) in [5.74, 6) is -1.41. The van der Waals surface area contributed by atoms with E-state index < -0.39 is 43.0 Å². The van der Waals surface area contributed by atoms with Crippen LogP contribution in [-0.2, 0) is 4.74 Å². The van der Waals surface area contributed by atoms with Crippen molar-refractivity contribution in [3.63, 3.8) is 0 Å². The second-order valence-corrected chi connectivity index (χ2v) is 7.84. The number of hydrogen-bond acceptors (Lipinski definition) is 6. The highest BCUT2D eigenvalue weighted by Crippen LogP contribution is 2.31. The number of thiophene rings is 1. The summed E-state index contributed by atoms with van der Waals surface area (Å²) < 4.78 is 88.6. The van der Waals surface area contributed by atoms with Crippen molar-refractivity contribution >= 4 is 45.3 Å². The van der Waals surface area contributed by atoms with E-state index in [1.807, 2.05) is 0 Å². The maximum absolute atomic E-state index is 12.4. The van der Waals surface area contributed by atoms with Gasteiger partial charge in [0.05, 0.1) is 12.7 Å². The van der Waals surface area contributed by atoms with Crippen molar-refractivity contribution in [1.29, 1.82) is 0 Å². The van der Waals surface area contributed by atoms with Gasteiger partial charge in [-0.05, 0) is 25.2 Å². The van der Waals surface area contributed by atoms with Gasteiger partial charge in [0.2, 0.25) is 0 Å². The quantitative estimate of drug-likeness (QED) is 0.293. The predicted molar refractivity (Wildman–Crippen MR) is 110 cm³/mol. The van der Waals surface area contributed by atoms with E-state index in [-0.39, 0.29) is 16.4 Å². The molecule has 0 amide bonds. The van der Waals surface area contributed by atoms with Crippen LogP contribution in [0.2, 0.25) is 0 Å². The van der Waals surface area contributed by atoms with Gasteiger partial charge in [-0.25, -0.2) is 4.79 Å². The second kappa shape index (κ2) is 10.3. The summed E-state index contributed by atoms with van der Waals surface area (Å²) in [6.45, 7) is -1.58. The number of nitrogens with one attached hydrogen (secondary N) is 2.